The third-order valence-electron chi connectivity index (χ3n) is 5.09. The van der Waals surface area contributed by atoms with E-state index in [1.165, 1.54) is 72.8 Å². The SMILES string of the molecule is CS(C)=O.O=S1(=O)Nc2cc(Cl)ccc2Oc2ccccc2S(=O)(=O)Nc2cc(Cl)ccc2Oc2ccccc21. The standard InChI is InChI=1S/C24H16Cl2N2O6S2.C2H6OS/c25-15-9-11-19-17(13-15)28-36(31,32)24-8-4-2-6-22(24)34-20-12-10-16(26)14-18(20)27-35(29,30)23-7-3-1-5-21(23)33-19;1-4(2)3/h1-14,27-28H;1-2H3. The molecule has 210 valence electrons. The van der Waals surface area contributed by atoms with E-state index in [1.807, 2.05) is 0 Å². The van der Waals surface area contributed by atoms with E-state index in [0.29, 0.717) is 0 Å². The fourth-order valence-electron chi connectivity index (χ4n) is 3.49. The van der Waals surface area contributed by atoms with Gasteiger partial charge in [-0.1, -0.05) is 47.5 Å². The van der Waals surface area contributed by atoms with Gasteiger partial charge in [-0.05, 0) is 60.7 Å². The van der Waals surface area contributed by atoms with Crippen LogP contribution in [0.1, 0.15) is 0 Å². The largest absolute Gasteiger partial charge is 0.454 e. The molecule has 0 radical (unpaired) electrons. The summed E-state index contributed by atoms with van der Waals surface area (Å²) in [5, 5.41) is 0.471. The number of nitrogens with one attached hydrogen (secondary N) is 2. The molecule has 5 rings (SSSR count). The molecule has 0 saturated heterocycles. The van der Waals surface area contributed by atoms with Crippen molar-refractivity contribution in [1.29, 1.82) is 0 Å². The highest BCUT2D eigenvalue weighted by Crippen LogP contribution is 2.40. The van der Waals surface area contributed by atoms with Crippen LogP contribution in [0.25, 0.3) is 0 Å². The van der Waals surface area contributed by atoms with Crippen LogP contribution in [0.3, 0.4) is 0 Å². The molecule has 1 aliphatic heterocycles. The van der Waals surface area contributed by atoms with Crippen molar-refractivity contribution in [2.45, 2.75) is 9.79 Å². The van der Waals surface area contributed by atoms with Gasteiger partial charge in [-0.3, -0.25) is 13.7 Å². The quantitative estimate of drug-likeness (QED) is 0.225. The van der Waals surface area contributed by atoms with Gasteiger partial charge in [0.1, 0.15) is 21.3 Å². The van der Waals surface area contributed by atoms with Gasteiger partial charge in [0.15, 0.2) is 11.5 Å². The number of anilines is 2. The van der Waals surface area contributed by atoms with Gasteiger partial charge >= 0.3 is 0 Å². The second-order valence-electron chi connectivity index (χ2n) is 8.33. The molecule has 0 spiro atoms. The zero-order valence-corrected chi connectivity index (χ0v) is 24.9. The Morgan fingerprint density at radius 2 is 0.950 bits per heavy atom. The van der Waals surface area contributed by atoms with Crippen molar-refractivity contribution in [1.82, 2.24) is 0 Å². The van der Waals surface area contributed by atoms with Crippen LogP contribution in [0.5, 0.6) is 23.0 Å². The van der Waals surface area contributed by atoms with E-state index in [9.17, 15) is 21.0 Å². The highest BCUT2D eigenvalue weighted by Gasteiger charge is 2.26. The smallest absolute Gasteiger partial charge is 0.265 e. The Kier molecular flexibility index (Phi) is 8.96. The van der Waals surface area contributed by atoms with E-state index >= 15 is 0 Å². The lowest BCUT2D eigenvalue weighted by molar-refractivity contribution is 0.466. The first-order valence-electron chi connectivity index (χ1n) is 11.3. The van der Waals surface area contributed by atoms with Gasteiger partial charge in [-0.25, -0.2) is 16.8 Å². The maximum absolute atomic E-state index is 13.4. The third-order valence-corrected chi connectivity index (χ3v) is 8.37. The Morgan fingerprint density at radius 1 is 0.600 bits per heavy atom. The predicted molar refractivity (Wildman–Crippen MR) is 158 cm³/mol. The first-order valence-corrected chi connectivity index (χ1v) is 17.0. The molecule has 14 heteroatoms. The maximum Gasteiger partial charge on any atom is 0.265 e. The van der Waals surface area contributed by atoms with Gasteiger partial charge in [0.05, 0.1) is 11.4 Å². The summed E-state index contributed by atoms with van der Waals surface area (Å²) in [4.78, 5) is -0.394. The molecule has 0 bridgehead atoms. The minimum atomic E-state index is -4.21. The zero-order chi connectivity index (χ0) is 29.1. The minimum Gasteiger partial charge on any atom is -0.454 e. The Hall–Kier alpha value is -3.29. The van der Waals surface area contributed by atoms with Crippen LogP contribution in [-0.2, 0) is 30.8 Å². The fraction of sp³-hybridized carbons (Fsp3) is 0.0769. The van der Waals surface area contributed by atoms with Crippen LogP contribution in [0, 0.1) is 0 Å². The van der Waals surface area contributed by atoms with Crippen molar-refractivity contribution in [2.75, 3.05) is 22.0 Å². The molecule has 0 fully saturated rings. The molecule has 2 N–H and O–H groups in total. The summed E-state index contributed by atoms with van der Waals surface area (Å²) >= 11 is 12.3. The average Bonchev–Trinajstić information content (AvgIpc) is 2.86. The van der Waals surface area contributed by atoms with Crippen molar-refractivity contribution in [3.63, 3.8) is 0 Å². The van der Waals surface area contributed by atoms with Gasteiger partial charge in [-0.15, -0.1) is 0 Å². The Labute approximate surface area is 244 Å². The summed E-state index contributed by atoms with van der Waals surface area (Å²) in [5.74, 6) is -0.0292. The molecule has 0 unspecified atom stereocenters. The number of sulfonamides is 2. The monoisotopic (exact) mass is 640 g/mol. The van der Waals surface area contributed by atoms with E-state index in [-0.39, 0.29) is 54.2 Å². The molecule has 9 nitrogen and oxygen atoms in total. The molecular formula is C26H22Cl2N2O7S3. The third kappa shape index (κ3) is 7.07. The van der Waals surface area contributed by atoms with Crippen LogP contribution in [0.2, 0.25) is 10.0 Å². The van der Waals surface area contributed by atoms with Crippen LogP contribution < -0.4 is 18.9 Å². The lowest BCUT2D eigenvalue weighted by atomic mass is 10.3. The van der Waals surface area contributed by atoms with Crippen molar-refractivity contribution in [3.05, 3.63) is 95.0 Å². The molecule has 40 heavy (non-hydrogen) atoms. The van der Waals surface area contributed by atoms with Crippen molar-refractivity contribution < 1.29 is 30.5 Å². The first-order chi connectivity index (χ1) is 18.9. The Morgan fingerprint density at radius 3 is 1.32 bits per heavy atom. The topological polar surface area (TPSA) is 128 Å². The van der Waals surface area contributed by atoms with E-state index < -0.39 is 30.8 Å². The van der Waals surface area contributed by atoms with E-state index in [1.54, 1.807) is 24.6 Å². The summed E-state index contributed by atoms with van der Waals surface area (Å²) in [7, 11) is -9.03. The van der Waals surface area contributed by atoms with Gasteiger partial charge in [0.2, 0.25) is 0 Å². The molecule has 0 aliphatic carbocycles. The highest BCUT2D eigenvalue weighted by molar-refractivity contribution is 7.93. The predicted octanol–water partition coefficient (Wildman–Crippen LogP) is 6.49. The number of hydrogen-bond acceptors (Lipinski definition) is 7. The first kappa shape index (κ1) is 29.7. The molecule has 1 heterocycles. The lowest BCUT2D eigenvalue weighted by Crippen LogP contribution is -2.17. The fourth-order valence-corrected chi connectivity index (χ4v) is 6.22. The number of hydrogen-bond donors (Lipinski definition) is 2. The zero-order valence-electron chi connectivity index (χ0n) is 20.9. The lowest BCUT2D eigenvalue weighted by Gasteiger charge is -2.20. The number of benzene rings is 4. The molecular weight excluding hydrogens is 619 g/mol. The molecule has 4 aromatic carbocycles. The molecule has 4 aromatic rings. The summed E-state index contributed by atoms with van der Waals surface area (Å²) < 4.78 is 80.0. The molecule has 1 aliphatic rings. The van der Waals surface area contributed by atoms with Gasteiger partial charge in [0.25, 0.3) is 20.0 Å². The van der Waals surface area contributed by atoms with E-state index in [0.717, 1.165) is 0 Å². The molecule has 0 aromatic heterocycles. The Balaban J connectivity index is 0.000000867. The summed E-state index contributed by atoms with van der Waals surface area (Å²) in [6, 6.07) is 20.4. The maximum atomic E-state index is 13.4. The second kappa shape index (κ2) is 12.1. The Bertz CT molecular complexity index is 1680. The van der Waals surface area contributed by atoms with Crippen LogP contribution >= 0.6 is 23.2 Å². The highest BCUT2D eigenvalue weighted by atomic mass is 35.5. The van der Waals surface area contributed by atoms with Crippen LogP contribution in [-0.4, -0.2) is 33.6 Å². The minimum absolute atomic E-state index is 0.00158. The van der Waals surface area contributed by atoms with E-state index in [4.69, 9.17) is 32.7 Å². The average molecular weight is 642 g/mol. The molecule has 0 amide bonds. The van der Waals surface area contributed by atoms with Gasteiger partial charge in [-0.2, -0.15) is 0 Å². The van der Waals surface area contributed by atoms with Crippen LogP contribution in [0.15, 0.2) is 94.7 Å². The van der Waals surface area contributed by atoms with Gasteiger partial charge in [0, 0.05) is 33.4 Å². The molecule has 0 saturated carbocycles. The van der Waals surface area contributed by atoms with Crippen molar-refractivity contribution >= 4 is 65.4 Å². The normalized spacial score (nSPS) is 14.9. The number of ether oxygens (including phenoxy) is 2. The second-order valence-corrected chi connectivity index (χ2v) is 14.0. The summed E-state index contributed by atoms with van der Waals surface area (Å²) in [6.45, 7) is 0. The van der Waals surface area contributed by atoms with Gasteiger partial charge < -0.3 is 9.47 Å². The number of halogens is 2. The molecule has 0 atom stereocenters. The summed E-state index contributed by atoms with van der Waals surface area (Å²) in [5.41, 5.74) is 0.00316. The van der Waals surface area contributed by atoms with Crippen molar-refractivity contribution in [3.8, 4) is 23.0 Å². The van der Waals surface area contributed by atoms with Crippen LogP contribution in [0.4, 0.5) is 11.4 Å². The van der Waals surface area contributed by atoms with Crippen molar-refractivity contribution in [2.24, 2.45) is 0 Å². The number of para-hydroxylation sites is 2. The number of fused-ring (bicyclic) bond motifs is 4. The summed E-state index contributed by atoms with van der Waals surface area (Å²) in [6.07, 6.45) is 3.28. The van der Waals surface area contributed by atoms with E-state index in [2.05, 4.69) is 9.44 Å². The number of rotatable bonds is 0.